The lowest BCUT2D eigenvalue weighted by Crippen LogP contribution is -2.28. The average Bonchev–Trinajstić information content (AvgIpc) is 2.60. The second-order valence-electron chi connectivity index (χ2n) is 5.72. The molecule has 3 aliphatic rings. The maximum atomic E-state index is 5.45. The number of rotatable bonds is 1. The Morgan fingerprint density at radius 2 is 1.93 bits per heavy atom. The summed E-state index contributed by atoms with van der Waals surface area (Å²) in [6.45, 7) is 8.92. The summed E-state index contributed by atoms with van der Waals surface area (Å²) in [5.74, 6) is 1.64. The average molecular weight is 194 g/mol. The van der Waals surface area contributed by atoms with Gasteiger partial charge in [0.25, 0.3) is 0 Å². The predicted molar refractivity (Wildman–Crippen MR) is 55.2 cm³/mol. The van der Waals surface area contributed by atoms with Gasteiger partial charge in [0, 0.05) is 11.8 Å². The van der Waals surface area contributed by atoms with Gasteiger partial charge in [0.05, 0.1) is 5.71 Å². The summed E-state index contributed by atoms with van der Waals surface area (Å²) in [5, 5.41) is 7.72. The van der Waals surface area contributed by atoms with E-state index < -0.39 is 0 Å². The van der Waals surface area contributed by atoms with Crippen molar-refractivity contribution in [2.75, 3.05) is 13.1 Å². The first-order valence-corrected chi connectivity index (χ1v) is 5.50. The Kier molecular flexibility index (Phi) is 1.45. The lowest BCUT2D eigenvalue weighted by Gasteiger charge is -2.17. The molecule has 0 spiro atoms. The van der Waals surface area contributed by atoms with Crippen molar-refractivity contribution < 1.29 is 4.84 Å². The molecule has 14 heavy (non-hydrogen) atoms. The molecule has 2 unspecified atom stereocenters. The second-order valence-corrected chi connectivity index (χ2v) is 5.72. The van der Waals surface area contributed by atoms with Crippen molar-refractivity contribution in [1.29, 1.82) is 0 Å². The lowest BCUT2D eigenvalue weighted by molar-refractivity contribution is 0.0123. The minimum Gasteiger partial charge on any atom is -0.389 e. The van der Waals surface area contributed by atoms with E-state index in [-0.39, 0.29) is 5.60 Å². The molecule has 2 aliphatic heterocycles. The first-order valence-electron chi connectivity index (χ1n) is 5.50. The summed E-state index contributed by atoms with van der Waals surface area (Å²) in [6, 6.07) is 0. The lowest BCUT2D eigenvalue weighted by atomic mass is 9.89. The zero-order chi connectivity index (χ0) is 9.97. The first kappa shape index (κ1) is 8.72. The summed E-state index contributed by atoms with van der Waals surface area (Å²) >= 11 is 0. The number of hydrogen-bond donors (Lipinski definition) is 1. The normalized spacial score (nSPS) is 48.4. The highest BCUT2D eigenvalue weighted by atomic mass is 16.7. The highest BCUT2D eigenvalue weighted by molar-refractivity contribution is 5.94. The highest BCUT2D eigenvalue weighted by Gasteiger charge is 2.67. The van der Waals surface area contributed by atoms with Crippen LogP contribution in [-0.2, 0) is 4.84 Å². The van der Waals surface area contributed by atoms with Crippen LogP contribution in [-0.4, -0.2) is 24.4 Å². The van der Waals surface area contributed by atoms with Gasteiger partial charge in [-0.05, 0) is 38.8 Å². The molecule has 2 fully saturated rings. The Labute approximate surface area is 84.9 Å². The standard InChI is InChI=1S/C11H18N2O/c1-10(2)4-9(13-14-10)11(3)7-5-12-6-8(7)11/h7-8,12H,4-6H2,1-3H3. The molecular weight excluding hydrogens is 176 g/mol. The van der Waals surface area contributed by atoms with E-state index in [1.54, 1.807) is 0 Å². The molecule has 0 amide bonds. The molecule has 1 aliphatic carbocycles. The van der Waals surface area contributed by atoms with E-state index in [0.717, 1.165) is 18.3 Å². The van der Waals surface area contributed by atoms with E-state index in [0.29, 0.717) is 5.41 Å². The van der Waals surface area contributed by atoms with Crippen molar-refractivity contribution >= 4 is 5.71 Å². The third-order valence-corrected chi connectivity index (χ3v) is 4.26. The molecule has 2 atom stereocenters. The predicted octanol–water partition coefficient (Wildman–Crippen LogP) is 1.40. The number of piperidine rings is 1. The maximum absolute atomic E-state index is 5.45. The molecule has 0 bridgehead atoms. The topological polar surface area (TPSA) is 33.6 Å². The molecule has 0 aromatic carbocycles. The van der Waals surface area contributed by atoms with Crippen molar-refractivity contribution in [3.05, 3.63) is 0 Å². The molecule has 2 heterocycles. The monoisotopic (exact) mass is 194 g/mol. The van der Waals surface area contributed by atoms with E-state index in [1.165, 1.54) is 18.8 Å². The summed E-state index contributed by atoms with van der Waals surface area (Å²) < 4.78 is 0. The third-order valence-electron chi connectivity index (χ3n) is 4.26. The van der Waals surface area contributed by atoms with Gasteiger partial charge in [-0.1, -0.05) is 12.1 Å². The maximum Gasteiger partial charge on any atom is 0.137 e. The SMILES string of the molecule is CC1(C)CC(C2(C)C3CNCC32)=NO1. The second kappa shape index (κ2) is 2.32. The Hall–Kier alpha value is -0.570. The quantitative estimate of drug-likeness (QED) is 0.684. The van der Waals surface area contributed by atoms with E-state index >= 15 is 0 Å². The van der Waals surface area contributed by atoms with Crippen molar-refractivity contribution in [1.82, 2.24) is 5.32 Å². The summed E-state index contributed by atoms with van der Waals surface area (Å²) in [7, 11) is 0. The van der Waals surface area contributed by atoms with Crippen LogP contribution in [0.5, 0.6) is 0 Å². The molecule has 78 valence electrons. The van der Waals surface area contributed by atoms with Crippen LogP contribution < -0.4 is 5.32 Å². The fourth-order valence-electron chi connectivity index (χ4n) is 3.16. The van der Waals surface area contributed by atoms with Gasteiger partial charge in [-0.2, -0.15) is 0 Å². The van der Waals surface area contributed by atoms with Gasteiger partial charge < -0.3 is 10.2 Å². The van der Waals surface area contributed by atoms with Gasteiger partial charge in [-0.15, -0.1) is 0 Å². The summed E-state index contributed by atoms with van der Waals surface area (Å²) in [5.41, 5.74) is 1.60. The van der Waals surface area contributed by atoms with Gasteiger partial charge in [0.15, 0.2) is 0 Å². The van der Waals surface area contributed by atoms with E-state index in [4.69, 9.17) is 4.84 Å². The smallest absolute Gasteiger partial charge is 0.137 e. The van der Waals surface area contributed by atoms with Crippen LogP contribution in [0.15, 0.2) is 5.16 Å². The minimum absolute atomic E-state index is 0.0668. The number of hydrogen-bond acceptors (Lipinski definition) is 3. The Bertz CT molecular complexity index is 298. The molecule has 3 heteroatoms. The molecule has 3 nitrogen and oxygen atoms in total. The van der Waals surface area contributed by atoms with Crippen LogP contribution in [0.3, 0.4) is 0 Å². The zero-order valence-electron chi connectivity index (χ0n) is 9.13. The number of nitrogens with one attached hydrogen (secondary N) is 1. The van der Waals surface area contributed by atoms with Crippen molar-refractivity contribution in [2.24, 2.45) is 22.4 Å². The number of fused-ring (bicyclic) bond motifs is 1. The van der Waals surface area contributed by atoms with Crippen LogP contribution in [0, 0.1) is 17.3 Å². The Morgan fingerprint density at radius 1 is 1.29 bits per heavy atom. The Morgan fingerprint density at radius 3 is 2.43 bits per heavy atom. The zero-order valence-corrected chi connectivity index (χ0v) is 9.13. The van der Waals surface area contributed by atoms with Crippen LogP contribution >= 0.6 is 0 Å². The van der Waals surface area contributed by atoms with Crippen LogP contribution in [0.2, 0.25) is 0 Å². The van der Waals surface area contributed by atoms with E-state index in [2.05, 4.69) is 31.2 Å². The van der Waals surface area contributed by atoms with Gasteiger partial charge in [0.2, 0.25) is 0 Å². The van der Waals surface area contributed by atoms with Crippen LogP contribution in [0.25, 0.3) is 0 Å². The molecule has 0 aromatic heterocycles. The fourth-order valence-corrected chi connectivity index (χ4v) is 3.16. The highest BCUT2D eigenvalue weighted by Crippen LogP contribution is 2.62. The van der Waals surface area contributed by atoms with Gasteiger partial charge in [-0.3, -0.25) is 0 Å². The number of nitrogens with zero attached hydrogens (tertiary/aromatic N) is 1. The van der Waals surface area contributed by atoms with Crippen LogP contribution in [0.1, 0.15) is 27.2 Å². The van der Waals surface area contributed by atoms with Gasteiger partial charge in [0.1, 0.15) is 5.60 Å². The van der Waals surface area contributed by atoms with Crippen molar-refractivity contribution in [3.63, 3.8) is 0 Å². The molecule has 0 radical (unpaired) electrons. The van der Waals surface area contributed by atoms with Gasteiger partial charge in [-0.25, -0.2) is 0 Å². The van der Waals surface area contributed by atoms with Crippen molar-refractivity contribution in [3.8, 4) is 0 Å². The summed E-state index contributed by atoms with van der Waals surface area (Å²) in [4.78, 5) is 5.45. The molecular formula is C11H18N2O. The minimum atomic E-state index is -0.0668. The van der Waals surface area contributed by atoms with E-state index in [1.807, 2.05) is 0 Å². The largest absolute Gasteiger partial charge is 0.389 e. The van der Waals surface area contributed by atoms with Gasteiger partial charge >= 0.3 is 0 Å². The molecule has 1 N–H and O–H groups in total. The summed E-state index contributed by atoms with van der Waals surface area (Å²) in [6.07, 6.45) is 1.01. The molecule has 1 saturated carbocycles. The fraction of sp³-hybridized carbons (Fsp3) is 0.909. The van der Waals surface area contributed by atoms with E-state index in [9.17, 15) is 0 Å². The third kappa shape index (κ3) is 0.937. The number of oxime groups is 1. The Balaban J connectivity index is 1.80. The molecule has 0 aromatic rings. The molecule has 1 saturated heterocycles. The van der Waals surface area contributed by atoms with Crippen molar-refractivity contribution in [2.45, 2.75) is 32.8 Å². The van der Waals surface area contributed by atoms with Crippen LogP contribution in [0.4, 0.5) is 0 Å². The first-order chi connectivity index (χ1) is 6.54. The molecule has 3 rings (SSSR count).